The monoisotopic (exact) mass is 432 g/mol. The molecule has 5 nitrogen and oxygen atoms in total. The van der Waals surface area contributed by atoms with Crippen LogP contribution in [-0.2, 0) is 0 Å². The topological polar surface area (TPSA) is 51.0 Å². The Hall–Kier alpha value is -4.25. The Kier molecular flexibility index (Phi) is 5.45. The van der Waals surface area contributed by atoms with E-state index >= 15 is 0 Å². The number of anilines is 2. The minimum atomic E-state index is -0.297. The number of rotatable bonds is 5. The van der Waals surface area contributed by atoms with Crippen molar-refractivity contribution in [3.63, 3.8) is 0 Å². The van der Waals surface area contributed by atoms with Gasteiger partial charge in [-0.1, -0.05) is 48.5 Å². The van der Waals surface area contributed by atoms with Crippen molar-refractivity contribution < 1.29 is 0 Å². The van der Waals surface area contributed by atoms with Gasteiger partial charge < -0.3 is 4.90 Å². The third kappa shape index (κ3) is 3.89. The summed E-state index contributed by atoms with van der Waals surface area (Å²) in [5, 5.41) is 0.593. The molecule has 5 heteroatoms. The summed E-state index contributed by atoms with van der Waals surface area (Å²) >= 11 is 0. The molecule has 0 spiro atoms. The number of nitrogens with zero attached hydrogens (tertiary/aromatic N) is 4. The maximum absolute atomic E-state index is 13.9. The molecule has 0 N–H and O–H groups in total. The Morgan fingerprint density at radius 1 is 0.788 bits per heavy atom. The highest BCUT2D eigenvalue weighted by atomic mass is 16.1. The van der Waals surface area contributed by atoms with E-state index in [2.05, 4.69) is 9.88 Å². The van der Waals surface area contributed by atoms with E-state index in [0.29, 0.717) is 16.7 Å². The fourth-order valence-electron chi connectivity index (χ4n) is 4.28. The first-order valence-electron chi connectivity index (χ1n) is 10.9. The quantitative estimate of drug-likeness (QED) is 0.368. The van der Waals surface area contributed by atoms with Crippen molar-refractivity contribution in [2.45, 2.75) is 13.0 Å². The van der Waals surface area contributed by atoms with E-state index in [-0.39, 0.29) is 11.6 Å². The van der Waals surface area contributed by atoms with E-state index in [1.807, 2.05) is 105 Å². The van der Waals surface area contributed by atoms with Crippen molar-refractivity contribution in [2.75, 3.05) is 11.9 Å². The second-order valence-corrected chi connectivity index (χ2v) is 8.02. The van der Waals surface area contributed by atoms with E-state index in [0.717, 1.165) is 22.5 Å². The molecule has 33 heavy (non-hydrogen) atoms. The van der Waals surface area contributed by atoms with Gasteiger partial charge in [0.1, 0.15) is 5.82 Å². The van der Waals surface area contributed by atoms with Gasteiger partial charge in [0, 0.05) is 30.8 Å². The van der Waals surface area contributed by atoms with Crippen molar-refractivity contribution >= 4 is 22.3 Å². The van der Waals surface area contributed by atoms with Gasteiger partial charge in [0.05, 0.1) is 16.9 Å². The van der Waals surface area contributed by atoms with Crippen LogP contribution >= 0.6 is 0 Å². The summed E-state index contributed by atoms with van der Waals surface area (Å²) < 4.78 is 1.79. The second kappa shape index (κ2) is 8.71. The minimum absolute atomic E-state index is 0.0634. The van der Waals surface area contributed by atoms with Crippen LogP contribution in [0.2, 0.25) is 0 Å². The Morgan fingerprint density at radius 3 is 2.12 bits per heavy atom. The van der Waals surface area contributed by atoms with Crippen molar-refractivity contribution in [3.05, 3.63) is 131 Å². The van der Waals surface area contributed by atoms with Crippen LogP contribution in [0, 0.1) is 6.92 Å². The Morgan fingerprint density at radius 2 is 1.42 bits per heavy atom. The zero-order valence-corrected chi connectivity index (χ0v) is 18.6. The first kappa shape index (κ1) is 20.6. The first-order valence-corrected chi connectivity index (χ1v) is 10.9. The fraction of sp³-hybridized carbons (Fsp3) is 0.107. The van der Waals surface area contributed by atoms with Gasteiger partial charge in [-0.2, -0.15) is 0 Å². The summed E-state index contributed by atoms with van der Waals surface area (Å²) in [7, 11) is 2.00. The molecule has 0 aliphatic rings. The Bertz CT molecular complexity index is 1410. The van der Waals surface area contributed by atoms with Gasteiger partial charge in [-0.25, -0.2) is 4.98 Å². The molecule has 5 aromatic rings. The Balaban J connectivity index is 1.71. The molecule has 1 atom stereocenters. The normalized spacial score (nSPS) is 11.9. The molecule has 162 valence electrons. The molecule has 2 heterocycles. The van der Waals surface area contributed by atoms with Gasteiger partial charge in [-0.15, -0.1) is 0 Å². The summed E-state index contributed by atoms with van der Waals surface area (Å²) in [6.45, 7) is 1.89. The smallest absolute Gasteiger partial charge is 0.262 e. The predicted octanol–water partition coefficient (Wildman–Crippen LogP) is 5.51. The first-order chi connectivity index (χ1) is 16.1. The van der Waals surface area contributed by atoms with Crippen molar-refractivity contribution in [1.82, 2.24) is 14.5 Å². The van der Waals surface area contributed by atoms with Crippen LogP contribution in [0.4, 0.5) is 11.4 Å². The molecule has 0 amide bonds. The lowest BCUT2D eigenvalue weighted by Gasteiger charge is -2.24. The van der Waals surface area contributed by atoms with Crippen LogP contribution in [0.5, 0.6) is 0 Å². The van der Waals surface area contributed by atoms with Gasteiger partial charge in [-0.05, 0) is 60.5 Å². The molecule has 0 saturated carbocycles. The second-order valence-electron chi connectivity index (χ2n) is 8.02. The summed E-state index contributed by atoms with van der Waals surface area (Å²) in [6, 6.07) is 29.6. The zero-order valence-electron chi connectivity index (χ0n) is 18.6. The molecular weight excluding hydrogens is 408 g/mol. The van der Waals surface area contributed by atoms with Crippen LogP contribution in [0.25, 0.3) is 10.9 Å². The molecule has 5 rings (SSSR count). The SMILES string of the molecule is Cc1nc2ccc(N(C)c3ccccc3)cc2c(=O)n1C(c1ccccc1)c1ccncc1. The number of para-hydroxylation sites is 1. The molecule has 3 aromatic carbocycles. The van der Waals surface area contributed by atoms with Gasteiger partial charge in [0.2, 0.25) is 0 Å². The molecule has 2 aromatic heterocycles. The highest BCUT2D eigenvalue weighted by Crippen LogP contribution is 2.29. The van der Waals surface area contributed by atoms with E-state index < -0.39 is 0 Å². The van der Waals surface area contributed by atoms with Crippen LogP contribution in [0.3, 0.4) is 0 Å². The maximum atomic E-state index is 13.9. The van der Waals surface area contributed by atoms with Crippen LogP contribution in [0.15, 0.2) is 108 Å². The van der Waals surface area contributed by atoms with Crippen molar-refractivity contribution in [2.24, 2.45) is 0 Å². The van der Waals surface area contributed by atoms with Crippen molar-refractivity contribution in [1.29, 1.82) is 0 Å². The lowest BCUT2D eigenvalue weighted by molar-refractivity contribution is 0.619. The average molecular weight is 433 g/mol. The summed E-state index contributed by atoms with van der Waals surface area (Å²) in [4.78, 5) is 25.0. The molecule has 1 unspecified atom stereocenters. The van der Waals surface area contributed by atoms with Crippen LogP contribution in [-0.4, -0.2) is 21.6 Å². The number of benzene rings is 3. The molecule has 0 saturated heterocycles. The molecule has 0 bridgehead atoms. The van der Waals surface area contributed by atoms with E-state index in [9.17, 15) is 4.79 Å². The summed E-state index contributed by atoms with van der Waals surface area (Å²) in [5.41, 5.74) is 4.62. The number of pyridine rings is 1. The Labute approximate surface area is 192 Å². The number of aryl methyl sites for hydroxylation is 1. The third-order valence-electron chi connectivity index (χ3n) is 5.99. The van der Waals surface area contributed by atoms with Gasteiger partial charge >= 0.3 is 0 Å². The number of aromatic nitrogens is 3. The summed E-state index contributed by atoms with van der Waals surface area (Å²) in [5.74, 6) is 0.669. The molecular formula is C28H24N4O. The largest absolute Gasteiger partial charge is 0.345 e. The number of hydrogen-bond donors (Lipinski definition) is 0. The van der Waals surface area contributed by atoms with E-state index in [1.165, 1.54) is 0 Å². The number of fused-ring (bicyclic) bond motifs is 1. The summed E-state index contributed by atoms with van der Waals surface area (Å²) in [6.07, 6.45) is 3.51. The minimum Gasteiger partial charge on any atom is -0.345 e. The molecule has 0 radical (unpaired) electrons. The standard InChI is InChI=1S/C28H24N4O/c1-20-30-26-14-13-24(31(2)23-11-7-4-8-12-23)19-25(26)28(33)32(20)27(21-9-5-3-6-10-21)22-15-17-29-18-16-22/h3-19,27H,1-2H3. The van der Waals surface area contributed by atoms with Gasteiger partial charge in [-0.3, -0.25) is 14.3 Å². The predicted molar refractivity (Wildman–Crippen MR) is 133 cm³/mol. The highest BCUT2D eigenvalue weighted by Gasteiger charge is 2.21. The lowest BCUT2D eigenvalue weighted by atomic mass is 9.99. The molecule has 0 aliphatic carbocycles. The third-order valence-corrected chi connectivity index (χ3v) is 5.99. The van der Waals surface area contributed by atoms with Gasteiger partial charge in [0.15, 0.2) is 0 Å². The van der Waals surface area contributed by atoms with Crippen LogP contribution < -0.4 is 10.5 Å². The fourth-order valence-corrected chi connectivity index (χ4v) is 4.28. The lowest BCUT2D eigenvalue weighted by Crippen LogP contribution is -2.29. The van der Waals surface area contributed by atoms with E-state index in [4.69, 9.17) is 4.98 Å². The molecule has 0 aliphatic heterocycles. The maximum Gasteiger partial charge on any atom is 0.262 e. The van der Waals surface area contributed by atoms with Crippen molar-refractivity contribution in [3.8, 4) is 0 Å². The van der Waals surface area contributed by atoms with Crippen LogP contribution in [0.1, 0.15) is 23.0 Å². The van der Waals surface area contributed by atoms with E-state index in [1.54, 1.807) is 17.0 Å². The zero-order chi connectivity index (χ0) is 22.8. The number of hydrogen-bond acceptors (Lipinski definition) is 4. The molecule has 0 fully saturated rings. The van der Waals surface area contributed by atoms with Gasteiger partial charge in [0.25, 0.3) is 5.56 Å². The highest BCUT2D eigenvalue weighted by molar-refractivity contribution is 5.83. The average Bonchev–Trinajstić information content (AvgIpc) is 2.87.